The maximum atomic E-state index is 4.83. The zero-order chi connectivity index (χ0) is 14.7. The first-order chi connectivity index (χ1) is 10.3. The van der Waals surface area contributed by atoms with Gasteiger partial charge in [-0.25, -0.2) is 0 Å². The Balaban J connectivity index is 1.81. The Hall–Kier alpha value is -0.770. The van der Waals surface area contributed by atoms with E-state index in [1.54, 1.807) is 5.41 Å². The Morgan fingerprint density at radius 3 is 2.71 bits per heavy atom. The van der Waals surface area contributed by atoms with Gasteiger partial charge >= 0.3 is 0 Å². The normalized spacial score (nSPS) is 25.7. The molecule has 0 saturated carbocycles. The molecule has 1 aromatic rings. The molecule has 0 saturated heterocycles. The van der Waals surface area contributed by atoms with Crippen molar-refractivity contribution in [1.82, 2.24) is 0 Å². The number of fused-ring (bicyclic) bond motifs is 1. The maximum absolute atomic E-state index is 4.83. The molecule has 1 heterocycles. The molecular weight excluding hydrogens is 312 g/mol. The fourth-order valence-electron chi connectivity index (χ4n) is 2.84. The van der Waals surface area contributed by atoms with Crippen molar-refractivity contribution in [2.75, 3.05) is 0 Å². The molecule has 2 atom stereocenters. The Kier molecular flexibility index (Phi) is 5.04. The summed E-state index contributed by atoms with van der Waals surface area (Å²) < 4.78 is 0. The smallest absolute Gasteiger partial charge is 0.0354 e. The van der Waals surface area contributed by atoms with Crippen molar-refractivity contribution < 1.29 is 0 Å². The van der Waals surface area contributed by atoms with Crippen LogP contribution < -0.4 is 0 Å². The van der Waals surface area contributed by atoms with Gasteiger partial charge in [-0.3, -0.25) is 0 Å². The van der Waals surface area contributed by atoms with Gasteiger partial charge in [0.15, 0.2) is 0 Å². The molecule has 2 aliphatic rings. The molecule has 0 nitrogen and oxygen atoms in total. The van der Waals surface area contributed by atoms with Gasteiger partial charge in [0.2, 0.25) is 0 Å². The molecule has 0 radical (unpaired) electrons. The number of thioether (sulfide) groups is 1. The molecule has 1 aliphatic heterocycles. The summed E-state index contributed by atoms with van der Waals surface area (Å²) in [6.07, 6.45) is 10.9. The van der Waals surface area contributed by atoms with Crippen molar-refractivity contribution in [3.05, 3.63) is 76.1 Å². The van der Waals surface area contributed by atoms with Gasteiger partial charge in [0.1, 0.15) is 0 Å². The molecule has 0 fully saturated rings. The average Bonchev–Trinajstić information content (AvgIpc) is 2.85. The zero-order valence-corrected chi connectivity index (χ0v) is 14.3. The largest absolute Gasteiger partial charge is 0.151 e. The molecule has 0 aromatic heterocycles. The lowest BCUT2D eigenvalue weighted by atomic mass is 9.88. The van der Waals surface area contributed by atoms with Crippen molar-refractivity contribution in [2.45, 2.75) is 18.1 Å². The summed E-state index contributed by atoms with van der Waals surface area (Å²) >= 11 is 10.9. The maximum Gasteiger partial charge on any atom is 0.0354 e. The van der Waals surface area contributed by atoms with Crippen LogP contribution in [0.4, 0.5) is 0 Å². The second-order valence-electron chi connectivity index (χ2n) is 5.25. The van der Waals surface area contributed by atoms with Crippen LogP contribution in [0.5, 0.6) is 0 Å². The average molecular weight is 331 g/mol. The van der Waals surface area contributed by atoms with Crippen molar-refractivity contribution in [3.63, 3.8) is 0 Å². The van der Waals surface area contributed by atoms with Gasteiger partial charge in [0, 0.05) is 21.0 Å². The van der Waals surface area contributed by atoms with E-state index in [0.717, 1.165) is 6.42 Å². The standard InChI is InChI=1S/C18H18S3/c19-11-5-4-6-13-9-10-15-16(12-13)21-18(17(15)20)14-7-2-1-3-8-14/h1-8,11-12,15-16,19-20H,9-10H2/b6-4+,11-5-. The van der Waals surface area contributed by atoms with Gasteiger partial charge in [0.05, 0.1) is 0 Å². The highest BCUT2D eigenvalue weighted by Gasteiger charge is 2.35. The van der Waals surface area contributed by atoms with Gasteiger partial charge in [-0.15, -0.1) is 24.4 Å². The minimum atomic E-state index is 0.529. The highest BCUT2D eigenvalue weighted by atomic mass is 32.2. The van der Waals surface area contributed by atoms with Crippen LogP contribution in [0.2, 0.25) is 0 Å². The summed E-state index contributed by atoms with van der Waals surface area (Å²) in [6.45, 7) is 0. The second kappa shape index (κ2) is 6.99. The van der Waals surface area contributed by atoms with Gasteiger partial charge in [-0.05, 0) is 23.8 Å². The highest BCUT2D eigenvalue weighted by molar-refractivity contribution is 8.10. The molecule has 3 rings (SSSR count). The summed E-state index contributed by atoms with van der Waals surface area (Å²) in [6, 6.07) is 10.6. The number of hydrogen-bond acceptors (Lipinski definition) is 3. The van der Waals surface area contributed by atoms with E-state index in [2.05, 4.69) is 61.2 Å². The Morgan fingerprint density at radius 2 is 1.95 bits per heavy atom. The molecular formula is C18H18S3. The topological polar surface area (TPSA) is 0 Å². The van der Waals surface area contributed by atoms with Crippen molar-refractivity contribution in [2.24, 2.45) is 5.92 Å². The monoisotopic (exact) mass is 330 g/mol. The van der Waals surface area contributed by atoms with E-state index in [1.807, 2.05) is 17.8 Å². The molecule has 21 heavy (non-hydrogen) atoms. The lowest BCUT2D eigenvalue weighted by Crippen LogP contribution is -2.16. The van der Waals surface area contributed by atoms with Gasteiger partial charge in [-0.1, -0.05) is 60.2 Å². The van der Waals surface area contributed by atoms with E-state index in [0.29, 0.717) is 11.2 Å². The van der Waals surface area contributed by atoms with Crippen LogP contribution in [0.25, 0.3) is 4.91 Å². The van der Waals surface area contributed by atoms with Crippen molar-refractivity contribution in [1.29, 1.82) is 0 Å². The molecule has 0 spiro atoms. The predicted octanol–water partition coefficient (Wildman–Crippen LogP) is 5.74. The minimum absolute atomic E-state index is 0.529. The molecule has 1 aromatic carbocycles. The predicted molar refractivity (Wildman–Crippen MR) is 102 cm³/mol. The van der Waals surface area contributed by atoms with Crippen LogP contribution in [0.15, 0.2) is 70.5 Å². The summed E-state index contributed by atoms with van der Waals surface area (Å²) in [5.41, 5.74) is 2.72. The fraction of sp³-hybridized carbons (Fsp3) is 0.222. The van der Waals surface area contributed by atoms with Crippen LogP contribution in [0.1, 0.15) is 18.4 Å². The van der Waals surface area contributed by atoms with E-state index in [-0.39, 0.29) is 0 Å². The number of thiol groups is 2. The van der Waals surface area contributed by atoms with Gasteiger partial charge < -0.3 is 0 Å². The Morgan fingerprint density at radius 1 is 1.14 bits per heavy atom. The van der Waals surface area contributed by atoms with Crippen LogP contribution in [0.3, 0.4) is 0 Å². The van der Waals surface area contributed by atoms with Crippen LogP contribution >= 0.6 is 37.0 Å². The SMILES string of the molecule is S/C=C\C=C\C1=CC2SC(c3ccccc3)=C(S)C2CC1. The summed E-state index contributed by atoms with van der Waals surface area (Å²) in [5.74, 6) is 0.575. The Labute approximate surface area is 141 Å². The number of allylic oxidation sites excluding steroid dienone is 5. The summed E-state index contributed by atoms with van der Waals surface area (Å²) in [5, 5.41) is 2.29. The molecule has 2 unspecified atom stereocenters. The van der Waals surface area contributed by atoms with E-state index >= 15 is 0 Å². The molecule has 0 bridgehead atoms. The molecule has 0 amide bonds. The van der Waals surface area contributed by atoms with Crippen molar-refractivity contribution in [3.8, 4) is 0 Å². The highest BCUT2D eigenvalue weighted by Crippen LogP contribution is 2.53. The number of rotatable bonds is 3. The van der Waals surface area contributed by atoms with E-state index in [9.17, 15) is 0 Å². The Bertz CT molecular complexity index is 623. The molecule has 0 N–H and O–H groups in total. The quantitative estimate of drug-likeness (QED) is 0.526. The minimum Gasteiger partial charge on any atom is -0.151 e. The lowest BCUT2D eigenvalue weighted by Gasteiger charge is -2.23. The molecule has 1 aliphatic carbocycles. The van der Waals surface area contributed by atoms with Crippen LogP contribution in [-0.2, 0) is 0 Å². The number of hydrogen-bond donors (Lipinski definition) is 2. The molecule has 108 valence electrons. The van der Waals surface area contributed by atoms with E-state index < -0.39 is 0 Å². The fourth-order valence-corrected chi connectivity index (χ4v) is 5.12. The van der Waals surface area contributed by atoms with Crippen LogP contribution in [-0.4, -0.2) is 5.25 Å². The lowest BCUT2D eigenvalue weighted by molar-refractivity contribution is 0.586. The van der Waals surface area contributed by atoms with Crippen LogP contribution in [0, 0.1) is 5.92 Å². The first-order valence-corrected chi connectivity index (χ1v) is 8.97. The third-order valence-electron chi connectivity index (χ3n) is 3.90. The summed E-state index contributed by atoms with van der Waals surface area (Å²) in [4.78, 5) is 2.62. The van der Waals surface area contributed by atoms with E-state index in [1.165, 1.54) is 27.4 Å². The first-order valence-electron chi connectivity index (χ1n) is 7.13. The number of benzene rings is 1. The zero-order valence-electron chi connectivity index (χ0n) is 11.6. The van der Waals surface area contributed by atoms with Gasteiger partial charge in [-0.2, -0.15) is 12.6 Å². The van der Waals surface area contributed by atoms with Gasteiger partial charge in [0.25, 0.3) is 0 Å². The second-order valence-corrected chi connectivity index (χ2v) is 7.22. The van der Waals surface area contributed by atoms with Crippen molar-refractivity contribution >= 4 is 41.9 Å². The third kappa shape index (κ3) is 3.36. The van der Waals surface area contributed by atoms with E-state index in [4.69, 9.17) is 12.6 Å². The summed E-state index contributed by atoms with van der Waals surface area (Å²) in [7, 11) is 0. The third-order valence-corrected chi connectivity index (χ3v) is 6.21. The first kappa shape index (κ1) is 15.1. The molecule has 3 heteroatoms.